The molecule has 0 fully saturated rings. The number of methoxy groups -OCH3 is 1. The molecule has 0 N–H and O–H groups in total. The molecule has 0 amide bonds. The Hall–Kier alpha value is -3.04. The molecule has 1 aromatic carbocycles. The van der Waals surface area contributed by atoms with Crippen LogP contribution in [0.4, 0.5) is 0 Å². The molecule has 7 nitrogen and oxygen atoms in total. The third-order valence-corrected chi connectivity index (χ3v) is 5.18. The first-order chi connectivity index (χ1) is 13.2. The number of ether oxygens (including phenoxy) is 2. The second-order valence-corrected chi connectivity index (χ2v) is 7.01. The summed E-state index contributed by atoms with van der Waals surface area (Å²) in [6.07, 6.45) is 0. The lowest BCUT2D eigenvalue weighted by Crippen LogP contribution is -2.05. The Labute approximate surface area is 162 Å². The number of carbonyl (C=O) groups is 1. The Morgan fingerprint density at radius 1 is 1.19 bits per heavy atom. The number of thiazole rings is 1. The second kappa shape index (κ2) is 7.68. The summed E-state index contributed by atoms with van der Waals surface area (Å²) in [5.41, 5.74) is 1.99. The van der Waals surface area contributed by atoms with Crippen LogP contribution < -0.4 is 4.74 Å². The van der Waals surface area contributed by atoms with Gasteiger partial charge in [0.15, 0.2) is 12.3 Å². The molecule has 0 unspecified atom stereocenters. The maximum absolute atomic E-state index is 12.2. The third-order valence-electron chi connectivity index (χ3n) is 3.60. The van der Waals surface area contributed by atoms with Gasteiger partial charge in [-0.2, -0.15) is 16.3 Å². The standard InChI is InChI=1S/C18H13N3O4S2/c1-23-13-4-2-3-11(7-13)16-20-15(25-21-16)8-24-18(22)14-10-27-17(19-14)12-5-6-26-9-12/h2-7,9-10H,8H2,1H3. The highest BCUT2D eigenvalue weighted by molar-refractivity contribution is 7.14. The van der Waals surface area contributed by atoms with Crippen molar-refractivity contribution in [2.45, 2.75) is 6.61 Å². The van der Waals surface area contributed by atoms with E-state index in [1.807, 2.05) is 35.0 Å². The number of hydrogen-bond acceptors (Lipinski definition) is 9. The lowest BCUT2D eigenvalue weighted by atomic mass is 10.2. The summed E-state index contributed by atoms with van der Waals surface area (Å²) < 4.78 is 15.6. The van der Waals surface area contributed by atoms with Gasteiger partial charge in [-0.1, -0.05) is 17.3 Å². The van der Waals surface area contributed by atoms with E-state index in [2.05, 4.69) is 15.1 Å². The van der Waals surface area contributed by atoms with E-state index < -0.39 is 5.97 Å². The first-order valence-electron chi connectivity index (χ1n) is 7.85. The molecule has 3 aromatic heterocycles. The maximum atomic E-state index is 12.2. The highest BCUT2D eigenvalue weighted by atomic mass is 32.1. The van der Waals surface area contributed by atoms with Crippen molar-refractivity contribution < 1.29 is 18.8 Å². The average molecular weight is 399 g/mol. The zero-order chi connectivity index (χ0) is 18.6. The number of benzene rings is 1. The second-order valence-electron chi connectivity index (χ2n) is 5.37. The molecule has 9 heteroatoms. The molecule has 136 valence electrons. The van der Waals surface area contributed by atoms with Gasteiger partial charge in [-0.3, -0.25) is 0 Å². The van der Waals surface area contributed by atoms with Crippen LogP contribution in [0, 0.1) is 0 Å². The topological polar surface area (TPSA) is 87.3 Å². The maximum Gasteiger partial charge on any atom is 0.358 e. The fourth-order valence-corrected chi connectivity index (χ4v) is 3.78. The molecule has 0 radical (unpaired) electrons. The minimum Gasteiger partial charge on any atom is -0.497 e. The van der Waals surface area contributed by atoms with Gasteiger partial charge in [-0.25, -0.2) is 9.78 Å². The van der Waals surface area contributed by atoms with Crippen molar-refractivity contribution in [1.82, 2.24) is 15.1 Å². The zero-order valence-corrected chi connectivity index (χ0v) is 15.8. The highest BCUT2D eigenvalue weighted by Gasteiger charge is 2.16. The molecule has 0 saturated carbocycles. The van der Waals surface area contributed by atoms with Crippen LogP contribution in [0.5, 0.6) is 5.75 Å². The van der Waals surface area contributed by atoms with Crippen LogP contribution in [-0.2, 0) is 11.3 Å². The fraction of sp³-hybridized carbons (Fsp3) is 0.111. The lowest BCUT2D eigenvalue weighted by molar-refractivity contribution is 0.0424. The summed E-state index contributed by atoms with van der Waals surface area (Å²) in [5.74, 6) is 0.756. The molecule has 3 heterocycles. The molecule has 0 bridgehead atoms. The van der Waals surface area contributed by atoms with Crippen molar-refractivity contribution in [2.75, 3.05) is 7.11 Å². The summed E-state index contributed by atoms with van der Waals surface area (Å²) in [7, 11) is 1.59. The minimum atomic E-state index is -0.533. The van der Waals surface area contributed by atoms with Crippen LogP contribution in [0.15, 0.2) is 51.0 Å². The first kappa shape index (κ1) is 17.4. The van der Waals surface area contributed by atoms with Crippen molar-refractivity contribution in [2.24, 2.45) is 0 Å². The van der Waals surface area contributed by atoms with Crippen molar-refractivity contribution >= 4 is 28.6 Å². The predicted octanol–water partition coefficient (Wildman–Crippen LogP) is 4.29. The van der Waals surface area contributed by atoms with E-state index in [1.165, 1.54) is 11.3 Å². The average Bonchev–Trinajstić information content (AvgIpc) is 3.47. The summed E-state index contributed by atoms with van der Waals surface area (Å²) >= 11 is 2.97. The van der Waals surface area contributed by atoms with Gasteiger partial charge >= 0.3 is 5.97 Å². The predicted molar refractivity (Wildman–Crippen MR) is 101 cm³/mol. The molecular weight excluding hydrogens is 386 g/mol. The summed E-state index contributed by atoms with van der Waals surface area (Å²) in [5, 5.41) is 10.3. The van der Waals surface area contributed by atoms with Crippen molar-refractivity contribution in [3.8, 4) is 27.7 Å². The van der Waals surface area contributed by atoms with E-state index in [1.54, 1.807) is 29.9 Å². The molecule has 27 heavy (non-hydrogen) atoms. The van der Waals surface area contributed by atoms with E-state index in [4.69, 9.17) is 14.0 Å². The van der Waals surface area contributed by atoms with E-state index in [-0.39, 0.29) is 18.2 Å². The lowest BCUT2D eigenvalue weighted by Gasteiger charge is -2.00. The Morgan fingerprint density at radius 3 is 2.93 bits per heavy atom. The molecule has 0 saturated heterocycles. The molecular formula is C18H13N3O4S2. The monoisotopic (exact) mass is 399 g/mol. The molecule has 0 spiro atoms. The van der Waals surface area contributed by atoms with Gasteiger partial charge in [-0.05, 0) is 23.6 Å². The van der Waals surface area contributed by atoms with Crippen LogP contribution in [0.3, 0.4) is 0 Å². The normalized spacial score (nSPS) is 10.7. The first-order valence-corrected chi connectivity index (χ1v) is 9.67. The molecule has 0 aliphatic carbocycles. The highest BCUT2D eigenvalue weighted by Crippen LogP contribution is 2.26. The number of rotatable bonds is 6. The van der Waals surface area contributed by atoms with Gasteiger partial charge in [-0.15, -0.1) is 11.3 Å². The molecule has 4 rings (SSSR count). The van der Waals surface area contributed by atoms with Crippen molar-refractivity contribution in [3.05, 3.63) is 58.1 Å². The quantitative estimate of drug-likeness (QED) is 0.447. The summed E-state index contributed by atoms with van der Waals surface area (Å²) in [4.78, 5) is 20.7. The Morgan fingerprint density at radius 2 is 2.11 bits per heavy atom. The Balaban J connectivity index is 1.40. The van der Waals surface area contributed by atoms with E-state index in [0.717, 1.165) is 16.1 Å². The van der Waals surface area contributed by atoms with Gasteiger partial charge in [0.25, 0.3) is 5.89 Å². The van der Waals surface area contributed by atoms with Crippen LogP contribution in [-0.4, -0.2) is 28.2 Å². The van der Waals surface area contributed by atoms with Crippen molar-refractivity contribution in [3.63, 3.8) is 0 Å². The van der Waals surface area contributed by atoms with Gasteiger partial charge < -0.3 is 14.0 Å². The van der Waals surface area contributed by atoms with Crippen LogP contribution >= 0.6 is 22.7 Å². The largest absolute Gasteiger partial charge is 0.497 e. The van der Waals surface area contributed by atoms with E-state index in [9.17, 15) is 4.79 Å². The summed E-state index contributed by atoms with van der Waals surface area (Å²) in [6.45, 7) is -0.124. The number of thiophene rings is 1. The van der Waals surface area contributed by atoms with Crippen molar-refractivity contribution in [1.29, 1.82) is 0 Å². The number of aromatic nitrogens is 3. The third kappa shape index (κ3) is 3.88. The molecule has 0 aliphatic rings. The number of carbonyl (C=O) groups excluding carboxylic acids is 1. The van der Waals surface area contributed by atoms with E-state index in [0.29, 0.717) is 11.6 Å². The number of esters is 1. The van der Waals surface area contributed by atoms with E-state index >= 15 is 0 Å². The van der Waals surface area contributed by atoms with Gasteiger partial charge in [0.1, 0.15) is 10.8 Å². The number of nitrogens with zero attached hydrogens (tertiary/aromatic N) is 3. The van der Waals surface area contributed by atoms with Gasteiger partial charge in [0.05, 0.1) is 7.11 Å². The SMILES string of the molecule is COc1cccc(-c2noc(COC(=O)c3csc(-c4ccsc4)n3)n2)c1. The van der Waals surface area contributed by atoms with Gasteiger partial charge in [0, 0.05) is 21.9 Å². The fourth-order valence-electron chi connectivity index (χ4n) is 2.28. The Kier molecular flexibility index (Phi) is 4.95. The van der Waals surface area contributed by atoms with Crippen LogP contribution in [0.2, 0.25) is 0 Å². The van der Waals surface area contributed by atoms with Crippen LogP contribution in [0.1, 0.15) is 16.4 Å². The zero-order valence-electron chi connectivity index (χ0n) is 14.1. The molecule has 0 atom stereocenters. The summed E-state index contributed by atoms with van der Waals surface area (Å²) in [6, 6.07) is 9.24. The van der Waals surface area contributed by atoms with Gasteiger partial charge in [0.2, 0.25) is 5.82 Å². The molecule has 0 aliphatic heterocycles. The molecule has 4 aromatic rings. The Bertz CT molecular complexity index is 1060. The minimum absolute atomic E-state index is 0.124. The smallest absolute Gasteiger partial charge is 0.358 e. The number of hydrogen-bond donors (Lipinski definition) is 0. The van der Waals surface area contributed by atoms with Crippen LogP contribution in [0.25, 0.3) is 22.0 Å².